The minimum atomic E-state index is -0.608. The van der Waals surface area contributed by atoms with Gasteiger partial charge in [-0.3, -0.25) is 19.3 Å². The zero-order chi connectivity index (χ0) is 20.8. The molecule has 8 heteroatoms. The van der Waals surface area contributed by atoms with E-state index in [0.29, 0.717) is 12.4 Å². The number of halogens is 1. The molecule has 0 spiro atoms. The molecule has 0 N–H and O–H groups in total. The van der Waals surface area contributed by atoms with Crippen molar-refractivity contribution in [2.24, 2.45) is 0 Å². The Labute approximate surface area is 181 Å². The van der Waals surface area contributed by atoms with E-state index in [9.17, 15) is 14.4 Å². The smallest absolute Gasteiger partial charge is 0.326 e. The van der Waals surface area contributed by atoms with Crippen LogP contribution in [0.15, 0.2) is 57.9 Å². The first kappa shape index (κ1) is 21.1. The predicted molar refractivity (Wildman–Crippen MR) is 114 cm³/mol. The van der Waals surface area contributed by atoms with Crippen LogP contribution in [0.5, 0.6) is 5.75 Å². The Hall–Kier alpha value is -2.58. The summed E-state index contributed by atoms with van der Waals surface area (Å²) in [6.45, 7) is 1.93. The largest absolute Gasteiger partial charge is 0.489 e. The van der Waals surface area contributed by atoms with E-state index >= 15 is 0 Å². The van der Waals surface area contributed by atoms with E-state index in [1.165, 1.54) is 0 Å². The van der Waals surface area contributed by atoms with Crippen LogP contribution in [0.25, 0.3) is 6.08 Å². The van der Waals surface area contributed by atoms with Gasteiger partial charge in [-0.05, 0) is 60.2 Å². The van der Waals surface area contributed by atoms with Crippen LogP contribution >= 0.6 is 27.7 Å². The highest BCUT2D eigenvalue weighted by molar-refractivity contribution is 9.10. The number of carbonyl (C=O) groups excluding carboxylic acids is 3. The fourth-order valence-electron chi connectivity index (χ4n) is 2.53. The molecule has 150 valence electrons. The Bertz CT molecular complexity index is 941. The Morgan fingerprint density at radius 3 is 2.45 bits per heavy atom. The highest BCUT2D eigenvalue weighted by atomic mass is 79.9. The minimum Gasteiger partial charge on any atom is -0.489 e. The van der Waals surface area contributed by atoms with Gasteiger partial charge in [-0.25, -0.2) is 0 Å². The summed E-state index contributed by atoms with van der Waals surface area (Å²) >= 11 is 4.20. The Morgan fingerprint density at radius 1 is 1.10 bits per heavy atom. The van der Waals surface area contributed by atoms with Gasteiger partial charge in [-0.2, -0.15) is 0 Å². The highest BCUT2D eigenvalue weighted by Crippen LogP contribution is 2.32. The van der Waals surface area contributed by atoms with E-state index < -0.39 is 17.1 Å². The van der Waals surface area contributed by atoms with E-state index in [4.69, 9.17) is 9.47 Å². The first-order valence-corrected chi connectivity index (χ1v) is 10.5. The lowest BCUT2D eigenvalue weighted by Gasteiger charge is -2.10. The summed E-state index contributed by atoms with van der Waals surface area (Å²) in [5.41, 5.74) is 1.80. The van der Waals surface area contributed by atoms with Crippen molar-refractivity contribution in [1.29, 1.82) is 0 Å². The summed E-state index contributed by atoms with van der Waals surface area (Å²) in [4.78, 5) is 37.1. The third-order valence-electron chi connectivity index (χ3n) is 3.96. The summed E-state index contributed by atoms with van der Waals surface area (Å²) in [7, 11) is 0. The van der Waals surface area contributed by atoms with E-state index in [2.05, 4.69) is 15.9 Å². The molecule has 29 heavy (non-hydrogen) atoms. The third-order valence-corrected chi connectivity index (χ3v) is 5.40. The molecule has 2 aromatic rings. The monoisotopic (exact) mass is 475 g/mol. The van der Waals surface area contributed by atoms with Crippen molar-refractivity contribution in [1.82, 2.24) is 4.90 Å². The molecule has 2 amide bonds. The molecule has 0 aliphatic carbocycles. The van der Waals surface area contributed by atoms with Crippen LogP contribution in [0.2, 0.25) is 0 Å². The number of carbonyl (C=O) groups is 3. The Morgan fingerprint density at radius 2 is 1.79 bits per heavy atom. The molecule has 0 aromatic heterocycles. The summed E-state index contributed by atoms with van der Waals surface area (Å²) in [6, 6.07) is 15.1. The fourth-order valence-corrected chi connectivity index (χ4v) is 3.63. The maximum Gasteiger partial charge on any atom is 0.326 e. The standard InChI is InChI=1S/C21H18BrNO5S/c1-2-27-19(24)12-23-20(25)18(29-21(23)26)11-14-5-9-17(10-6-14)28-13-15-3-7-16(22)8-4-15/h3-11H,2,12-13H2,1H3/b18-11-. The maximum absolute atomic E-state index is 12.4. The number of nitrogens with zero attached hydrogens (tertiary/aromatic N) is 1. The van der Waals surface area contributed by atoms with Crippen LogP contribution in [-0.4, -0.2) is 35.2 Å². The van der Waals surface area contributed by atoms with E-state index in [1.54, 1.807) is 37.3 Å². The van der Waals surface area contributed by atoms with Crippen molar-refractivity contribution in [3.8, 4) is 5.75 Å². The third kappa shape index (κ3) is 5.71. The van der Waals surface area contributed by atoms with Crippen molar-refractivity contribution >= 4 is 50.9 Å². The summed E-state index contributed by atoms with van der Waals surface area (Å²) in [6.07, 6.45) is 1.62. The number of hydrogen-bond donors (Lipinski definition) is 0. The van der Waals surface area contributed by atoms with Gasteiger partial charge in [-0.1, -0.05) is 40.2 Å². The number of ether oxygens (including phenoxy) is 2. The second kappa shape index (κ2) is 9.76. The number of amides is 2. The predicted octanol–water partition coefficient (Wildman–Crippen LogP) is 4.63. The van der Waals surface area contributed by atoms with Crippen molar-refractivity contribution in [3.05, 3.63) is 69.0 Å². The van der Waals surface area contributed by atoms with E-state index in [1.807, 2.05) is 24.3 Å². The Balaban J connectivity index is 1.61. The zero-order valence-electron chi connectivity index (χ0n) is 15.6. The van der Waals surface area contributed by atoms with Crippen molar-refractivity contribution < 1.29 is 23.9 Å². The number of hydrogen-bond acceptors (Lipinski definition) is 6. The topological polar surface area (TPSA) is 72.9 Å². The summed E-state index contributed by atoms with van der Waals surface area (Å²) in [5.74, 6) is -0.410. The van der Waals surface area contributed by atoms with Crippen LogP contribution in [0, 0.1) is 0 Å². The number of benzene rings is 2. The molecule has 0 unspecified atom stereocenters. The zero-order valence-corrected chi connectivity index (χ0v) is 18.0. The fraction of sp³-hybridized carbons (Fsp3) is 0.190. The molecule has 0 atom stereocenters. The van der Waals surface area contributed by atoms with Gasteiger partial charge in [0.2, 0.25) is 0 Å². The van der Waals surface area contributed by atoms with Crippen molar-refractivity contribution in [3.63, 3.8) is 0 Å². The average molecular weight is 476 g/mol. The molecule has 0 saturated carbocycles. The van der Waals surface area contributed by atoms with Gasteiger partial charge in [-0.15, -0.1) is 0 Å². The van der Waals surface area contributed by atoms with Gasteiger partial charge < -0.3 is 9.47 Å². The van der Waals surface area contributed by atoms with Crippen LogP contribution in [-0.2, 0) is 20.9 Å². The molecule has 0 bridgehead atoms. The normalized spacial score (nSPS) is 15.1. The van der Waals surface area contributed by atoms with Crippen LogP contribution in [0.3, 0.4) is 0 Å². The lowest BCUT2D eigenvalue weighted by Crippen LogP contribution is -2.34. The molecule has 3 rings (SSSR count). The SMILES string of the molecule is CCOC(=O)CN1C(=O)S/C(=C\c2ccc(OCc3ccc(Br)cc3)cc2)C1=O. The maximum atomic E-state index is 12.4. The molecule has 2 aromatic carbocycles. The van der Waals surface area contributed by atoms with Crippen molar-refractivity contribution in [2.45, 2.75) is 13.5 Å². The second-order valence-corrected chi connectivity index (χ2v) is 7.97. The molecule has 1 saturated heterocycles. The average Bonchev–Trinajstić information content (AvgIpc) is 2.96. The van der Waals surface area contributed by atoms with E-state index in [0.717, 1.165) is 32.3 Å². The number of imide groups is 1. The number of thioether (sulfide) groups is 1. The molecular formula is C21H18BrNO5S. The van der Waals surface area contributed by atoms with Crippen molar-refractivity contribution in [2.75, 3.05) is 13.2 Å². The van der Waals surface area contributed by atoms with Gasteiger partial charge >= 0.3 is 5.97 Å². The second-order valence-electron chi connectivity index (χ2n) is 6.06. The lowest BCUT2D eigenvalue weighted by atomic mass is 10.2. The summed E-state index contributed by atoms with van der Waals surface area (Å²) < 4.78 is 11.6. The first-order chi connectivity index (χ1) is 14.0. The molecule has 1 fully saturated rings. The number of rotatable bonds is 7. The van der Waals surface area contributed by atoms with Crippen LogP contribution in [0.1, 0.15) is 18.1 Å². The van der Waals surface area contributed by atoms with Gasteiger partial charge in [0.15, 0.2) is 0 Å². The molecule has 6 nitrogen and oxygen atoms in total. The Kier molecular flexibility index (Phi) is 7.11. The van der Waals surface area contributed by atoms with Gasteiger partial charge in [0.25, 0.3) is 11.1 Å². The highest BCUT2D eigenvalue weighted by Gasteiger charge is 2.36. The molecule has 1 heterocycles. The first-order valence-electron chi connectivity index (χ1n) is 8.84. The lowest BCUT2D eigenvalue weighted by molar-refractivity contribution is -0.145. The molecule has 1 aliphatic rings. The minimum absolute atomic E-state index is 0.196. The van der Waals surface area contributed by atoms with Crippen LogP contribution < -0.4 is 4.74 Å². The molecular weight excluding hydrogens is 458 g/mol. The van der Waals surface area contributed by atoms with Crippen LogP contribution in [0.4, 0.5) is 4.79 Å². The molecule has 1 aliphatic heterocycles. The quantitative estimate of drug-likeness (QED) is 0.429. The van der Waals surface area contributed by atoms with Gasteiger partial charge in [0.1, 0.15) is 18.9 Å². The summed E-state index contributed by atoms with van der Waals surface area (Å²) in [5, 5.41) is -0.483. The van der Waals surface area contributed by atoms with E-state index in [-0.39, 0.29) is 18.1 Å². The van der Waals surface area contributed by atoms with Gasteiger partial charge in [0, 0.05) is 4.47 Å². The number of esters is 1. The van der Waals surface area contributed by atoms with Gasteiger partial charge in [0.05, 0.1) is 11.5 Å². The molecule has 0 radical (unpaired) electrons.